The maximum Gasteiger partial charge on any atom is 0.236 e. The first kappa shape index (κ1) is 17.7. The Bertz CT molecular complexity index is 357. The zero-order valence-electron chi connectivity index (χ0n) is 11.6. The van der Waals surface area contributed by atoms with Crippen LogP contribution in [-0.4, -0.2) is 32.1 Å². The largest absolute Gasteiger partial charge is 0.375 e. The van der Waals surface area contributed by atoms with Crippen molar-refractivity contribution in [2.45, 2.75) is 25.8 Å². The van der Waals surface area contributed by atoms with Crippen LogP contribution in [0.1, 0.15) is 19.8 Å². The normalized spacial score (nSPS) is 11.3. The Kier molecular flexibility index (Phi) is 9.00. The lowest BCUT2D eigenvalue weighted by Crippen LogP contribution is -2.38. The molecule has 108 valence electrons. The number of halogens is 1. The van der Waals surface area contributed by atoms with Gasteiger partial charge in [0.05, 0.1) is 6.04 Å². The van der Waals surface area contributed by atoms with Gasteiger partial charge in [0.25, 0.3) is 0 Å². The number of hydrogen-bond acceptors (Lipinski definition) is 3. The van der Waals surface area contributed by atoms with Crippen LogP contribution in [0, 0.1) is 0 Å². The van der Waals surface area contributed by atoms with Gasteiger partial charge in [0.15, 0.2) is 0 Å². The Hall–Kier alpha value is -1.26. The first-order chi connectivity index (χ1) is 8.61. The Morgan fingerprint density at radius 1 is 1.32 bits per heavy atom. The van der Waals surface area contributed by atoms with E-state index >= 15 is 0 Å². The van der Waals surface area contributed by atoms with Crippen LogP contribution >= 0.6 is 12.4 Å². The van der Waals surface area contributed by atoms with Crippen LogP contribution in [0.4, 0.5) is 5.69 Å². The summed E-state index contributed by atoms with van der Waals surface area (Å²) < 4.78 is 0. The summed E-state index contributed by atoms with van der Waals surface area (Å²) in [6, 6.07) is 9.86. The fourth-order valence-corrected chi connectivity index (χ4v) is 1.66. The van der Waals surface area contributed by atoms with Gasteiger partial charge in [-0.1, -0.05) is 18.2 Å². The molecule has 0 aliphatic rings. The molecule has 1 amide bonds. The predicted molar refractivity (Wildman–Crippen MR) is 82.9 cm³/mol. The number of benzene rings is 1. The lowest BCUT2D eigenvalue weighted by atomic mass is 10.2. The maximum atomic E-state index is 11.2. The first-order valence-corrected chi connectivity index (χ1v) is 6.40. The molecule has 0 saturated carbocycles. The van der Waals surface area contributed by atoms with E-state index in [4.69, 9.17) is 5.73 Å². The number of nitrogens with zero attached hydrogens (tertiary/aromatic N) is 1. The van der Waals surface area contributed by atoms with E-state index in [2.05, 4.69) is 29.4 Å². The summed E-state index contributed by atoms with van der Waals surface area (Å²) in [5.74, 6) is -0.0774. The predicted octanol–water partition coefficient (Wildman–Crippen LogP) is 1.79. The van der Waals surface area contributed by atoms with Crippen LogP contribution < -0.4 is 16.0 Å². The fraction of sp³-hybridized carbons (Fsp3) is 0.500. The molecule has 0 aromatic heterocycles. The molecule has 0 aliphatic carbocycles. The Morgan fingerprint density at radius 3 is 2.53 bits per heavy atom. The van der Waals surface area contributed by atoms with Crippen molar-refractivity contribution in [1.29, 1.82) is 0 Å². The fourth-order valence-electron chi connectivity index (χ4n) is 1.66. The van der Waals surface area contributed by atoms with E-state index in [-0.39, 0.29) is 18.3 Å². The molecule has 4 nitrogen and oxygen atoms in total. The number of hydrogen-bond donors (Lipinski definition) is 2. The number of anilines is 1. The number of para-hydroxylation sites is 1. The van der Waals surface area contributed by atoms with Crippen molar-refractivity contribution >= 4 is 24.0 Å². The molecule has 0 aliphatic heterocycles. The standard InChI is InChI=1S/C14H23N3O.ClH/c1-12(15)14(18)16-10-6-7-11-17(2)13-8-4-3-5-9-13;/h3-5,8-9,12H,6-7,10-11,15H2,1-2H3,(H,16,18);1H. The molecule has 1 aromatic carbocycles. The minimum absolute atomic E-state index is 0. The van der Waals surface area contributed by atoms with Crippen LogP contribution in [0.2, 0.25) is 0 Å². The monoisotopic (exact) mass is 285 g/mol. The molecule has 1 aromatic rings. The van der Waals surface area contributed by atoms with Gasteiger partial charge in [-0.2, -0.15) is 0 Å². The molecule has 0 saturated heterocycles. The van der Waals surface area contributed by atoms with E-state index in [1.165, 1.54) is 5.69 Å². The Morgan fingerprint density at radius 2 is 1.95 bits per heavy atom. The van der Waals surface area contributed by atoms with Gasteiger partial charge in [-0.3, -0.25) is 4.79 Å². The van der Waals surface area contributed by atoms with Gasteiger partial charge in [-0.15, -0.1) is 12.4 Å². The summed E-state index contributed by atoms with van der Waals surface area (Å²) in [5.41, 5.74) is 6.67. The van der Waals surface area contributed by atoms with Crippen LogP contribution in [0.5, 0.6) is 0 Å². The maximum absolute atomic E-state index is 11.2. The Labute approximate surface area is 121 Å². The number of nitrogens with one attached hydrogen (secondary N) is 1. The second kappa shape index (κ2) is 9.64. The summed E-state index contributed by atoms with van der Waals surface area (Å²) in [6.45, 7) is 3.37. The van der Waals surface area contributed by atoms with Crippen molar-refractivity contribution in [1.82, 2.24) is 5.32 Å². The van der Waals surface area contributed by atoms with Gasteiger partial charge < -0.3 is 16.0 Å². The van der Waals surface area contributed by atoms with Crippen LogP contribution in [0.15, 0.2) is 30.3 Å². The lowest BCUT2D eigenvalue weighted by molar-refractivity contribution is -0.121. The van der Waals surface area contributed by atoms with E-state index < -0.39 is 6.04 Å². The molecule has 5 heteroatoms. The van der Waals surface area contributed by atoms with E-state index in [1.807, 2.05) is 18.2 Å². The van der Waals surface area contributed by atoms with Crippen LogP contribution in [-0.2, 0) is 4.79 Å². The third kappa shape index (κ3) is 7.03. The highest BCUT2D eigenvalue weighted by molar-refractivity contribution is 5.85. The summed E-state index contributed by atoms with van der Waals surface area (Å²) >= 11 is 0. The number of carbonyl (C=O) groups excluding carboxylic acids is 1. The molecular formula is C14H24ClN3O. The topological polar surface area (TPSA) is 58.4 Å². The molecule has 0 heterocycles. The Balaban J connectivity index is 0.00000324. The summed E-state index contributed by atoms with van der Waals surface area (Å²) in [6.07, 6.45) is 2.01. The highest BCUT2D eigenvalue weighted by Gasteiger charge is 2.05. The van der Waals surface area contributed by atoms with E-state index in [0.717, 1.165) is 19.4 Å². The quantitative estimate of drug-likeness (QED) is 0.751. The average Bonchev–Trinajstić information content (AvgIpc) is 2.38. The number of amides is 1. The van der Waals surface area contributed by atoms with Crippen molar-refractivity contribution in [2.24, 2.45) is 5.73 Å². The van der Waals surface area contributed by atoms with E-state index in [0.29, 0.717) is 6.54 Å². The molecule has 3 N–H and O–H groups in total. The van der Waals surface area contributed by atoms with Crippen molar-refractivity contribution < 1.29 is 4.79 Å². The molecule has 1 atom stereocenters. The van der Waals surface area contributed by atoms with Crippen LogP contribution in [0.3, 0.4) is 0 Å². The van der Waals surface area contributed by atoms with Gasteiger partial charge in [-0.05, 0) is 31.9 Å². The second-order valence-corrected chi connectivity index (χ2v) is 4.54. The molecule has 1 rings (SSSR count). The van der Waals surface area contributed by atoms with Crippen molar-refractivity contribution in [3.63, 3.8) is 0 Å². The molecule has 19 heavy (non-hydrogen) atoms. The second-order valence-electron chi connectivity index (χ2n) is 4.54. The highest BCUT2D eigenvalue weighted by Crippen LogP contribution is 2.11. The van der Waals surface area contributed by atoms with Crippen molar-refractivity contribution in [2.75, 3.05) is 25.0 Å². The average molecular weight is 286 g/mol. The number of rotatable bonds is 7. The third-order valence-corrected chi connectivity index (χ3v) is 2.83. The number of nitrogens with two attached hydrogens (primary N) is 1. The minimum atomic E-state index is -0.419. The van der Waals surface area contributed by atoms with E-state index in [9.17, 15) is 4.79 Å². The number of carbonyl (C=O) groups is 1. The first-order valence-electron chi connectivity index (χ1n) is 6.40. The van der Waals surface area contributed by atoms with Crippen LogP contribution in [0.25, 0.3) is 0 Å². The summed E-state index contributed by atoms with van der Waals surface area (Å²) in [7, 11) is 2.08. The highest BCUT2D eigenvalue weighted by atomic mass is 35.5. The zero-order chi connectivity index (χ0) is 13.4. The van der Waals surface area contributed by atoms with Gasteiger partial charge in [0.1, 0.15) is 0 Å². The van der Waals surface area contributed by atoms with Gasteiger partial charge in [0.2, 0.25) is 5.91 Å². The zero-order valence-corrected chi connectivity index (χ0v) is 12.5. The van der Waals surface area contributed by atoms with Gasteiger partial charge in [0, 0.05) is 25.8 Å². The minimum Gasteiger partial charge on any atom is -0.375 e. The van der Waals surface area contributed by atoms with Crippen molar-refractivity contribution in [3.05, 3.63) is 30.3 Å². The SMILES string of the molecule is CC(N)C(=O)NCCCCN(C)c1ccccc1.Cl. The van der Waals surface area contributed by atoms with Gasteiger partial charge in [-0.25, -0.2) is 0 Å². The molecule has 0 fully saturated rings. The summed E-state index contributed by atoms with van der Waals surface area (Å²) in [4.78, 5) is 13.4. The molecule has 0 radical (unpaired) electrons. The molecular weight excluding hydrogens is 262 g/mol. The number of unbranched alkanes of at least 4 members (excludes halogenated alkanes) is 1. The smallest absolute Gasteiger partial charge is 0.236 e. The molecule has 1 unspecified atom stereocenters. The van der Waals surface area contributed by atoms with E-state index in [1.54, 1.807) is 6.92 Å². The lowest BCUT2D eigenvalue weighted by Gasteiger charge is -2.19. The van der Waals surface area contributed by atoms with Crippen molar-refractivity contribution in [3.8, 4) is 0 Å². The summed E-state index contributed by atoms with van der Waals surface area (Å²) in [5, 5.41) is 2.81. The molecule has 0 bridgehead atoms. The third-order valence-electron chi connectivity index (χ3n) is 2.83. The molecule has 0 spiro atoms. The van der Waals surface area contributed by atoms with Gasteiger partial charge >= 0.3 is 0 Å².